The van der Waals surface area contributed by atoms with Crippen LogP contribution in [0.25, 0.3) is 0 Å². The SMILES string of the molecule is CC1=CC(=O)C(C(N)=O)C(c2ccc(Cl)cc2)C1N. The van der Waals surface area contributed by atoms with E-state index in [2.05, 4.69) is 0 Å². The molecular formula is C14H15ClN2O2. The first-order valence-electron chi connectivity index (χ1n) is 5.94. The van der Waals surface area contributed by atoms with Gasteiger partial charge in [-0.15, -0.1) is 0 Å². The molecule has 0 aliphatic heterocycles. The molecule has 0 saturated carbocycles. The average molecular weight is 279 g/mol. The molecule has 0 radical (unpaired) electrons. The summed E-state index contributed by atoms with van der Waals surface area (Å²) >= 11 is 5.84. The van der Waals surface area contributed by atoms with Crippen molar-refractivity contribution in [2.75, 3.05) is 0 Å². The molecule has 0 aromatic heterocycles. The molecule has 1 aromatic rings. The highest BCUT2D eigenvalue weighted by molar-refractivity contribution is 6.30. The van der Waals surface area contributed by atoms with Crippen molar-refractivity contribution in [3.63, 3.8) is 0 Å². The van der Waals surface area contributed by atoms with Crippen LogP contribution in [0.4, 0.5) is 0 Å². The van der Waals surface area contributed by atoms with Gasteiger partial charge in [0.15, 0.2) is 5.78 Å². The van der Waals surface area contributed by atoms with E-state index in [0.717, 1.165) is 11.1 Å². The summed E-state index contributed by atoms with van der Waals surface area (Å²) in [7, 11) is 0. The maximum absolute atomic E-state index is 12.0. The van der Waals surface area contributed by atoms with E-state index in [1.165, 1.54) is 6.08 Å². The minimum absolute atomic E-state index is 0.286. The molecule has 3 unspecified atom stereocenters. The number of primary amides is 1. The average Bonchev–Trinajstić information content (AvgIpc) is 2.34. The molecule has 1 amide bonds. The zero-order valence-electron chi connectivity index (χ0n) is 10.5. The van der Waals surface area contributed by atoms with Crippen LogP contribution in [0.2, 0.25) is 5.02 Å². The van der Waals surface area contributed by atoms with E-state index in [9.17, 15) is 9.59 Å². The fourth-order valence-corrected chi connectivity index (χ4v) is 2.61. The minimum atomic E-state index is -0.917. The Balaban J connectivity index is 2.50. The Bertz CT molecular complexity index is 551. The third-order valence-corrected chi connectivity index (χ3v) is 3.76. The molecule has 1 aliphatic rings. The number of carbonyl (C=O) groups is 2. The first kappa shape index (κ1) is 13.8. The number of hydrogen-bond donors (Lipinski definition) is 2. The fourth-order valence-electron chi connectivity index (χ4n) is 2.48. The van der Waals surface area contributed by atoms with Crippen LogP contribution in [0.3, 0.4) is 0 Å². The molecule has 3 atom stereocenters. The Labute approximate surface area is 116 Å². The molecule has 4 N–H and O–H groups in total. The molecular weight excluding hydrogens is 264 g/mol. The van der Waals surface area contributed by atoms with Gasteiger partial charge < -0.3 is 11.5 Å². The third-order valence-electron chi connectivity index (χ3n) is 3.51. The number of hydrogen-bond acceptors (Lipinski definition) is 3. The van der Waals surface area contributed by atoms with Crippen LogP contribution in [0.5, 0.6) is 0 Å². The van der Waals surface area contributed by atoms with Crippen LogP contribution >= 0.6 is 11.6 Å². The lowest BCUT2D eigenvalue weighted by Gasteiger charge is -2.33. The molecule has 100 valence electrons. The molecule has 2 rings (SSSR count). The monoisotopic (exact) mass is 278 g/mol. The first-order chi connectivity index (χ1) is 8.91. The second kappa shape index (κ2) is 5.15. The summed E-state index contributed by atoms with van der Waals surface area (Å²) in [6, 6.07) is 6.56. The first-order valence-corrected chi connectivity index (χ1v) is 6.32. The second-order valence-corrected chi connectivity index (χ2v) is 5.21. The van der Waals surface area contributed by atoms with Gasteiger partial charge in [-0.1, -0.05) is 29.3 Å². The van der Waals surface area contributed by atoms with Crippen LogP contribution < -0.4 is 11.5 Å². The molecule has 4 nitrogen and oxygen atoms in total. The molecule has 0 heterocycles. The summed E-state index contributed by atoms with van der Waals surface area (Å²) in [5.41, 5.74) is 13.0. The minimum Gasteiger partial charge on any atom is -0.369 e. The molecule has 0 saturated heterocycles. The van der Waals surface area contributed by atoms with Crippen molar-refractivity contribution in [1.29, 1.82) is 0 Å². The van der Waals surface area contributed by atoms with E-state index >= 15 is 0 Å². The smallest absolute Gasteiger partial charge is 0.229 e. The van der Waals surface area contributed by atoms with Crippen LogP contribution in [-0.2, 0) is 9.59 Å². The molecule has 0 bridgehead atoms. The van der Waals surface area contributed by atoms with Gasteiger partial charge in [0.2, 0.25) is 5.91 Å². The van der Waals surface area contributed by atoms with Crippen molar-refractivity contribution in [1.82, 2.24) is 0 Å². The number of benzene rings is 1. The highest BCUT2D eigenvalue weighted by atomic mass is 35.5. The number of carbonyl (C=O) groups excluding carboxylic acids is 2. The summed E-state index contributed by atoms with van der Waals surface area (Å²) < 4.78 is 0. The Kier molecular flexibility index (Phi) is 3.73. The van der Waals surface area contributed by atoms with Gasteiger partial charge in [0.25, 0.3) is 0 Å². The maximum atomic E-state index is 12.0. The predicted molar refractivity (Wildman–Crippen MR) is 73.6 cm³/mol. The van der Waals surface area contributed by atoms with Gasteiger partial charge in [-0.25, -0.2) is 0 Å². The normalized spacial score (nSPS) is 27.0. The predicted octanol–water partition coefficient (Wildman–Crippen LogP) is 1.38. The Morgan fingerprint density at radius 2 is 1.84 bits per heavy atom. The van der Waals surface area contributed by atoms with Crippen LogP contribution in [-0.4, -0.2) is 17.7 Å². The highest BCUT2D eigenvalue weighted by Gasteiger charge is 2.40. The summed E-state index contributed by atoms with van der Waals surface area (Å²) in [4.78, 5) is 23.5. The van der Waals surface area contributed by atoms with E-state index in [1.807, 2.05) is 0 Å². The lowest BCUT2D eigenvalue weighted by atomic mass is 9.72. The third kappa shape index (κ3) is 2.55. The van der Waals surface area contributed by atoms with E-state index in [4.69, 9.17) is 23.1 Å². The number of halogens is 1. The molecule has 0 fully saturated rings. The van der Waals surface area contributed by atoms with Gasteiger partial charge in [-0.2, -0.15) is 0 Å². The highest BCUT2D eigenvalue weighted by Crippen LogP contribution is 2.35. The number of nitrogens with two attached hydrogens (primary N) is 2. The molecule has 1 aromatic carbocycles. The summed E-state index contributed by atoms with van der Waals surface area (Å²) in [6.07, 6.45) is 1.41. The van der Waals surface area contributed by atoms with E-state index in [-0.39, 0.29) is 5.78 Å². The topological polar surface area (TPSA) is 86.2 Å². The molecule has 0 spiro atoms. The van der Waals surface area contributed by atoms with Crippen molar-refractivity contribution >= 4 is 23.3 Å². The zero-order valence-corrected chi connectivity index (χ0v) is 11.2. The fraction of sp³-hybridized carbons (Fsp3) is 0.286. The second-order valence-electron chi connectivity index (χ2n) is 4.77. The summed E-state index contributed by atoms with van der Waals surface area (Å²) in [5.74, 6) is -2.29. The summed E-state index contributed by atoms with van der Waals surface area (Å²) in [6.45, 7) is 1.78. The van der Waals surface area contributed by atoms with Crippen molar-refractivity contribution < 1.29 is 9.59 Å². The van der Waals surface area contributed by atoms with Gasteiger partial charge in [-0.3, -0.25) is 9.59 Å². The molecule has 5 heteroatoms. The largest absolute Gasteiger partial charge is 0.369 e. The number of ketones is 1. The quantitative estimate of drug-likeness (QED) is 0.802. The van der Waals surface area contributed by atoms with Crippen molar-refractivity contribution in [3.8, 4) is 0 Å². The van der Waals surface area contributed by atoms with Gasteiger partial charge >= 0.3 is 0 Å². The summed E-state index contributed by atoms with van der Waals surface area (Å²) in [5, 5.41) is 0.586. The maximum Gasteiger partial charge on any atom is 0.229 e. The van der Waals surface area contributed by atoms with Crippen molar-refractivity contribution in [3.05, 3.63) is 46.5 Å². The lowest BCUT2D eigenvalue weighted by Crippen LogP contribution is -2.46. The van der Waals surface area contributed by atoms with Gasteiger partial charge in [0.05, 0.1) is 0 Å². The lowest BCUT2D eigenvalue weighted by molar-refractivity contribution is -0.131. The molecule has 19 heavy (non-hydrogen) atoms. The van der Waals surface area contributed by atoms with Crippen LogP contribution in [0, 0.1) is 5.92 Å². The van der Waals surface area contributed by atoms with Gasteiger partial charge in [-0.05, 0) is 30.7 Å². The Hall–Kier alpha value is -1.65. The van der Waals surface area contributed by atoms with E-state index < -0.39 is 23.8 Å². The standard InChI is InChI=1S/C14H15ClN2O2/c1-7-6-10(18)12(14(17)19)11(13(7)16)8-2-4-9(15)5-3-8/h2-6,11-13H,16H2,1H3,(H2,17,19). The number of allylic oxidation sites excluding steroid dienone is 1. The Morgan fingerprint density at radius 3 is 2.37 bits per heavy atom. The number of amides is 1. The van der Waals surface area contributed by atoms with Crippen molar-refractivity contribution in [2.24, 2.45) is 17.4 Å². The van der Waals surface area contributed by atoms with E-state index in [0.29, 0.717) is 5.02 Å². The van der Waals surface area contributed by atoms with Crippen LogP contribution in [0.15, 0.2) is 35.9 Å². The molecule has 1 aliphatic carbocycles. The van der Waals surface area contributed by atoms with Gasteiger partial charge in [0, 0.05) is 17.0 Å². The van der Waals surface area contributed by atoms with Crippen molar-refractivity contribution in [2.45, 2.75) is 18.9 Å². The van der Waals surface area contributed by atoms with Crippen LogP contribution in [0.1, 0.15) is 18.4 Å². The Morgan fingerprint density at radius 1 is 1.26 bits per heavy atom. The number of rotatable bonds is 2. The van der Waals surface area contributed by atoms with Gasteiger partial charge in [0.1, 0.15) is 5.92 Å². The zero-order chi connectivity index (χ0) is 14.2. The van der Waals surface area contributed by atoms with E-state index in [1.54, 1.807) is 31.2 Å².